The number of rotatable bonds is 3. The van der Waals surface area contributed by atoms with Gasteiger partial charge in [0.25, 0.3) is 5.91 Å². The van der Waals surface area contributed by atoms with Crippen LogP contribution in [0.1, 0.15) is 29.8 Å². The summed E-state index contributed by atoms with van der Waals surface area (Å²) in [5, 5.41) is 11.8. The lowest BCUT2D eigenvalue weighted by Gasteiger charge is -2.23. The van der Waals surface area contributed by atoms with Gasteiger partial charge in [-0.3, -0.25) is 4.79 Å². The van der Waals surface area contributed by atoms with E-state index in [4.69, 9.17) is 5.11 Å². The highest BCUT2D eigenvalue weighted by molar-refractivity contribution is 9.10. The molecule has 1 aromatic carbocycles. The molecule has 1 amide bonds. The molecule has 0 unspecified atom stereocenters. The van der Waals surface area contributed by atoms with Crippen LogP contribution in [0.4, 0.5) is 0 Å². The Balaban J connectivity index is 2.85. The van der Waals surface area contributed by atoms with Gasteiger partial charge in [-0.1, -0.05) is 22.0 Å². The number of nitrogens with one attached hydrogen (secondary N) is 1. The Bertz CT molecular complexity index is 402. The van der Waals surface area contributed by atoms with Crippen LogP contribution in [0.25, 0.3) is 0 Å². The summed E-state index contributed by atoms with van der Waals surface area (Å²) < 4.78 is 0.905. The predicted octanol–water partition coefficient (Wildman–Crippen LogP) is 2.26. The maximum atomic E-state index is 11.8. The second-order valence-corrected chi connectivity index (χ2v) is 5.31. The molecule has 4 heteroatoms. The van der Waals surface area contributed by atoms with Crippen molar-refractivity contribution in [3.05, 3.63) is 33.8 Å². The van der Waals surface area contributed by atoms with E-state index in [1.165, 1.54) is 0 Å². The Hall–Kier alpha value is -0.870. The Labute approximate surface area is 104 Å². The monoisotopic (exact) mass is 285 g/mol. The quantitative estimate of drug-likeness (QED) is 0.895. The van der Waals surface area contributed by atoms with Crippen molar-refractivity contribution in [2.75, 3.05) is 6.61 Å². The number of halogens is 1. The zero-order valence-corrected chi connectivity index (χ0v) is 11.3. The van der Waals surface area contributed by atoms with E-state index in [1.807, 2.05) is 13.0 Å². The first-order valence-corrected chi connectivity index (χ1v) is 5.84. The number of carbonyl (C=O) groups is 1. The van der Waals surface area contributed by atoms with Gasteiger partial charge in [-0.2, -0.15) is 0 Å². The fourth-order valence-electron chi connectivity index (χ4n) is 1.15. The average molecular weight is 286 g/mol. The van der Waals surface area contributed by atoms with Crippen molar-refractivity contribution < 1.29 is 9.90 Å². The van der Waals surface area contributed by atoms with Crippen LogP contribution in [0, 0.1) is 6.92 Å². The Morgan fingerprint density at radius 1 is 1.50 bits per heavy atom. The van der Waals surface area contributed by atoms with Crippen LogP contribution in [-0.2, 0) is 0 Å². The molecule has 0 radical (unpaired) electrons. The molecular formula is C12H16BrNO2. The summed E-state index contributed by atoms with van der Waals surface area (Å²) in [6, 6.07) is 5.42. The van der Waals surface area contributed by atoms with Gasteiger partial charge < -0.3 is 10.4 Å². The zero-order valence-electron chi connectivity index (χ0n) is 9.67. The first-order valence-electron chi connectivity index (χ1n) is 5.05. The molecule has 0 fully saturated rings. The van der Waals surface area contributed by atoms with E-state index in [-0.39, 0.29) is 12.5 Å². The highest BCUT2D eigenvalue weighted by Crippen LogP contribution is 2.17. The minimum atomic E-state index is -0.603. The number of aryl methyl sites for hydroxylation is 1. The van der Waals surface area contributed by atoms with Gasteiger partial charge in [-0.25, -0.2) is 0 Å². The first-order chi connectivity index (χ1) is 7.35. The summed E-state index contributed by atoms with van der Waals surface area (Å²) in [7, 11) is 0. The van der Waals surface area contributed by atoms with Crippen LogP contribution in [0.3, 0.4) is 0 Å². The van der Waals surface area contributed by atoms with Crippen LogP contribution in [0.5, 0.6) is 0 Å². The summed E-state index contributed by atoms with van der Waals surface area (Å²) in [5.74, 6) is -0.181. The molecule has 0 aliphatic rings. The van der Waals surface area contributed by atoms with E-state index in [2.05, 4.69) is 21.2 Å². The van der Waals surface area contributed by atoms with Gasteiger partial charge >= 0.3 is 0 Å². The van der Waals surface area contributed by atoms with Crippen LogP contribution in [-0.4, -0.2) is 23.2 Å². The van der Waals surface area contributed by atoms with Crippen LogP contribution in [0.2, 0.25) is 0 Å². The second-order valence-electron chi connectivity index (χ2n) is 4.46. The van der Waals surface area contributed by atoms with E-state index in [9.17, 15) is 4.79 Å². The maximum absolute atomic E-state index is 11.8. The minimum absolute atomic E-state index is 0.0915. The molecule has 1 rings (SSSR count). The third kappa shape index (κ3) is 3.32. The third-order valence-corrected chi connectivity index (χ3v) is 3.14. The third-order valence-electron chi connectivity index (χ3n) is 2.28. The molecule has 0 aromatic heterocycles. The molecule has 1 aromatic rings. The van der Waals surface area contributed by atoms with E-state index >= 15 is 0 Å². The maximum Gasteiger partial charge on any atom is 0.251 e. The molecular weight excluding hydrogens is 270 g/mol. The van der Waals surface area contributed by atoms with Gasteiger partial charge in [0.05, 0.1) is 12.1 Å². The number of aliphatic hydroxyl groups is 1. The number of amides is 1. The Morgan fingerprint density at radius 3 is 2.62 bits per heavy atom. The van der Waals surface area contributed by atoms with Crippen molar-refractivity contribution in [1.82, 2.24) is 5.32 Å². The zero-order chi connectivity index (χ0) is 12.3. The molecule has 0 saturated carbocycles. The van der Waals surface area contributed by atoms with Gasteiger partial charge in [0.2, 0.25) is 0 Å². The van der Waals surface area contributed by atoms with Crippen molar-refractivity contribution >= 4 is 21.8 Å². The largest absolute Gasteiger partial charge is 0.394 e. The summed E-state index contributed by atoms with van der Waals surface area (Å²) in [5.41, 5.74) is 1.06. The van der Waals surface area contributed by atoms with Crippen LogP contribution in [0.15, 0.2) is 22.7 Å². The SMILES string of the molecule is Cc1ccc(C(=O)NC(C)(C)CO)cc1Br. The number of carbonyl (C=O) groups excluding carboxylic acids is 1. The molecule has 0 saturated heterocycles. The second kappa shape index (κ2) is 4.97. The van der Waals surface area contributed by atoms with E-state index < -0.39 is 5.54 Å². The lowest BCUT2D eigenvalue weighted by molar-refractivity contribution is 0.0869. The molecule has 0 heterocycles. The number of benzene rings is 1. The van der Waals surface area contributed by atoms with E-state index in [1.54, 1.807) is 26.0 Å². The van der Waals surface area contributed by atoms with Crippen molar-refractivity contribution in [2.45, 2.75) is 26.3 Å². The van der Waals surface area contributed by atoms with Crippen molar-refractivity contribution in [3.8, 4) is 0 Å². The molecule has 2 N–H and O–H groups in total. The molecule has 0 aliphatic carbocycles. The molecule has 3 nitrogen and oxygen atoms in total. The van der Waals surface area contributed by atoms with Crippen LogP contribution < -0.4 is 5.32 Å². The Morgan fingerprint density at radius 2 is 2.12 bits per heavy atom. The van der Waals surface area contributed by atoms with Gasteiger partial charge in [-0.05, 0) is 38.5 Å². The van der Waals surface area contributed by atoms with E-state index in [0.29, 0.717) is 5.56 Å². The van der Waals surface area contributed by atoms with Crippen molar-refractivity contribution in [3.63, 3.8) is 0 Å². The summed E-state index contributed by atoms with van der Waals surface area (Å²) in [6.07, 6.45) is 0. The summed E-state index contributed by atoms with van der Waals surface area (Å²) in [6.45, 7) is 5.41. The smallest absolute Gasteiger partial charge is 0.251 e. The van der Waals surface area contributed by atoms with Gasteiger partial charge in [0.1, 0.15) is 0 Å². The Kier molecular flexibility index (Phi) is 4.10. The fourth-order valence-corrected chi connectivity index (χ4v) is 1.53. The summed E-state index contributed by atoms with van der Waals surface area (Å²) >= 11 is 3.38. The average Bonchev–Trinajstić information content (AvgIpc) is 2.21. The standard InChI is InChI=1S/C12H16BrNO2/c1-8-4-5-9(6-10(8)13)11(16)14-12(2,3)7-15/h4-6,15H,7H2,1-3H3,(H,14,16). The topological polar surface area (TPSA) is 49.3 Å². The van der Waals surface area contributed by atoms with Crippen molar-refractivity contribution in [2.24, 2.45) is 0 Å². The number of aliphatic hydroxyl groups excluding tert-OH is 1. The van der Waals surface area contributed by atoms with Gasteiger partial charge in [-0.15, -0.1) is 0 Å². The first kappa shape index (κ1) is 13.2. The molecule has 0 atom stereocenters. The summed E-state index contributed by atoms with van der Waals surface area (Å²) in [4.78, 5) is 11.8. The lowest BCUT2D eigenvalue weighted by atomic mass is 10.1. The molecule has 0 bridgehead atoms. The van der Waals surface area contributed by atoms with Gasteiger partial charge in [0.15, 0.2) is 0 Å². The molecule has 88 valence electrons. The number of hydrogen-bond donors (Lipinski definition) is 2. The highest BCUT2D eigenvalue weighted by atomic mass is 79.9. The molecule has 16 heavy (non-hydrogen) atoms. The fraction of sp³-hybridized carbons (Fsp3) is 0.417. The van der Waals surface area contributed by atoms with E-state index in [0.717, 1.165) is 10.0 Å². The van der Waals surface area contributed by atoms with Crippen LogP contribution >= 0.6 is 15.9 Å². The minimum Gasteiger partial charge on any atom is -0.394 e. The highest BCUT2D eigenvalue weighted by Gasteiger charge is 2.20. The van der Waals surface area contributed by atoms with Gasteiger partial charge in [0, 0.05) is 10.0 Å². The normalized spacial score (nSPS) is 11.3. The van der Waals surface area contributed by atoms with Crippen molar-refractivity contribution in [1.29, 1.82) is 0 Å². The lowest BCUT2D eigenvalue weighted by Crippen LogP contribution is -2.46. The number of hydrogen-bond acceptors (Lipinski definition) is 2. The molecule has 0 aliphatic heterocycles. The molecule has 0 spiro atoms. The predicted molar refractivity (Wildman–Crippen MR) is 67.5 cm³/mol.